The van der Waals surface area contributed by atoms with Gasteiger partial charge in [-0.1, -0.05) is 38.1 Å². The average molecular weight is 541 g/mol. The first-order chi connectivity index (χ1) is 19.0. The minimum absolute atomic E-state index is 0.0858. The first-order valence-corrected chi connectivity index (χ1v) is 13.6. The Kier molecular flexibility index (Phi) is 7.52. The fourth-order valence-electron chi connectivity index (χ4n) is 4.61. The van der Waals surface area contributed by atoms with Gasteiger partial charge in [-0.2, -0.15) is 5.10 Å². The fourth-order valence-corrected chi connectivity index (χ4v) is 4.61. The number of carbonyl (C=O) groups excluding carboxylic acids is 1. The zero-order valence-electron chi connectivity index (χ0n) is 23.6. The van der Waals surface area contributed by atoms with Crippen molar-refractivity contribution in [3.05, 3.63) is 96.4 Å². The molecule has 1 aliphatic rings. The van der Waals surface area contributed by atoms with Crippen LogP contribution in [-0.2, 0) is 10.2 Å². The van der Waals surface area contributed by atoms with Crippen molar-refractivity contribution >= 4 is 6.09 Å². The number of benzene rings is 2. The van der Waals surface area contributed by atoms with Crippen LogP contribution in [0.2, 0.25) is 0 Å². The van der Waals surface area contributed by atoms with E-state index in [1.807, 2.05) is 69.4 Å². The Morgan fingerprint density at radius 2 is 1.50 bits per heavy atom. The van der Waals surface area contributed by atoms with E-state index in [1.54, 1.807) is 17.1 Å². The Labute approximate surface area is 235 Å². The number of nitrogens with one attached hydrogen (secondary N) is 1. The number of amides is 1. The second kappa shape index (κ2) is 11.0. The van der Waals surface area contributed by atoms with Crippen LogP contribution in [0.25, 0.3) is 5.82 Å². The summed E-state index contributed by atoms with van der Waals surface area (Å²) in [5.41, 5.74) is 1.66. The van der Waals surface area contributed by atoms with Crippen molar-refractivity contribution in [3.63, 3.8) is 0 Å². The largest absolute Gasteiger partial charge is 0.490 e. The third-order valence-corrected chi connectivity index (χ3v) is 6.97. The lowest BCUT2D eigenvalue weighted by Crippen LogP contribution is -2.50. The van der Waals surface area contributed by atoms with E-state index in [0.717, 1.165) is 30.2 Å². The summed E-state index contributed by atoms with van der Waals surface area (Å²) in [6.07, 6.45) is 6.51. The Morgan fingerprint density at radius 3 is 2.05 bits per heavy atom. The summed E-state index contributed by atoms with van der Waals surface area (Å²) in [4.78, 5) is 16.4. The van der Waals surface area contributed by atoms with E-state index < -0.39 is 5.60 Å². The first kappa shape index (κ1) is 27.2. The van der Waals surface area contributed by atoms with Crippen LogP contribution in [0, 0.1) is 0 Å². The Hall–Kier alpha value is -4.33. The Balaban J connectivity index is 1.13. The highest BCUT2D eigenvalue weighted by molar-refractivity contribution is 5.68. The van der Waals surface area contributed by atoms with E-state index in [4.69, 9.17) is 14.2 Å². The molecule has 1 amide bonds. The van der Waals surface area contributed by atoms with Gasteiger partial charge < -0.3 is 19.5 Å². The van der Waals surface area contributed by atoms with Gasteiger partial charge in [0.1, 0.15) is 29.0 Å². The summed E-state index contributed by atoms with van der Waals surface area (Å²) in [5.74, 6) is 2.97. The van der Waals surface area contributed by atoms with Gasteiger partial charge in [0.15, 0.2) is 5.82 Å². The van der Waals surface area contributed by atoms with Crippen molar-refractivity contribution in [1.29, 1.82) is 0 Å². The van der Waals surface area contributed by atoms with Gasteiger partial charge in [0.25, 0.3) is 0 Å². The zero-order valence-corrected chi connectivity index (χ0v) is 23.6. The first-order valence-electron chi connectivity index (χ1n) is 13.6. The second-order valence-corrected chi connectivity index (χ2v) is 11.6. The maximum atomic E-state index is 11.9. The summed E-state index contributed by atoms with van der Waals surface area (Å²) in [6.45, 7) is 9.98. The Bertz CT molecular complexity index is 1400. The molecular formula is C32H36N4O4. The quantitative estimate of drug-likeness (QED) is 0.264. The molecule has 40 heavy (non-hydrogen) atoms. The number of ether oxygens (including phenoxy) is 3. The van der Waals surface area contributed by atoms with E-state index in [0.29, 0.717) is 5.75 Å². The molecule has 0 aliphatic heterocycles. The van der Waals surface area contributed by atoms with Gasteiger partial charge in [-0.25, -0.2) is 14.5 Å². The SMILES string of the molecule is CC(C)(C)OC(=O)NC1CC(Oc2ccc(C(C)(C)c3ccc(Oc4ccc(-n5cccn5)nc4)cc3)cc2)C1. The van der Waals surface area contributed by atoms with Crippen LogP contribution in [0.4, 0.5) is 4.79 Å². The van der Waals surface area contributed by atoms with E-state index in [2.05, 4.69) is 53.5 Å². The predicted octanol–water partition coefficient (Wildman–Crippen LogP) is 6.82. The van der Waals surface area contributed by atoms with Gasteiger partial charge in [0.05, 0.1) is 6.20 Å². The van der Waals surface area contributed by atoms with Crippen molar-refractivity contribution in [2.75, 3.05) is 0 Å². The van der Waals surface area contributed by atoms with Crippen LogP contribution in [0.5, 0.6) is 17.2 Å². The third-order valence-electron chi connectivity index (χ3n) is 6.97. The Morgan fingerprint density at radius 1 is 0.875 bits per heavy atom. The maximum absolute atomic E-state index is 11.9. The van der Waals surface area contributed by atoms with Gasteiger partial charge >= 0.3 is 6.09 Å². The van der Waals surface area contributed by atoms with E-state index in [1.165, 1.54) is 11.1 Å². The summed E-state index contributed by atoms with van der Waals surface area (Å²) in [7, 11) is 0. The molecule has 1 fully saturated rings. The van der Waals surface area contributed by atoms with Gasteiger partial charge in [-0.3, -0.25) is 0 Å². The molecule has 4 aromatic rings. The number of aromatic nitrogens is 3. The highest BCUT2D eigenvalue weighted by Gasteiger charge is 2.33. The van der Waals surface area contributed by atoms with Crippen molar-refractivity contribution in [2.24, 2.45) is 0 Å². The number of alkyl carbamates (subject to hydrolysis) is 1. The third kappa shape index (κ3) is 6.62. The molecule has 0 bridgehead atoms. The highest BCUT2D eigenvalue weighted by Crippen LogP contribution is 2.35. The molecule has 8 heteroatoms. The van der Waals surface area contributed by atoms with Crippen LogP contribution >= 0.6 is 0 Å². The van der Waals surface area contributed by atoms with Gasteiger partial charge in [0.2, 0.25) is 0 Å². The fraction of sp³-hybridized carbons (Fsp3) is 0.344. The van der Waals surface area contributed by atoms with Crippen LogP contribution < -0.4 is 14.8 Å². The lowest BCUT2D eigenvalue weighted by molar-refractivity contribution is 0.0363. The number of nitrogens with zero attached hydrogens (tertiary/aromatic N) is 3. The molecule has 8 nitrogen and oxygen atoms in total. The summed E-state index contributed by atoms with van der Waals surface area (Å²) < 4.78 is 19.2. The molecule has 0 atom stereocenters. The molecule has 1 saturated carbocycles. The monoisotopic (exact) mass is 540 g/mol. The molecule has 2 heterocycles. The number of hydrogen-bond acceptors (Lipinski definition) is 6. The van der Waals surface area contributed by atoms with Crippen LogP contribution in [0.1, 0.15) is 58.6 Å². The number of carbonyl (C=O) groups is 1. The molecule has 2 aromatic heterocycles. The normalized spacial score (nSPS) is 17.0. The molecule has 0 saturated heterocycles. The number of pyridine rings is 1. The second-order valence-electron chi connectivity index (χ2n) is 11.6. The smallest absolute Gasteiger partial charge is 0.407 e. The zero-order chi connectivity index (χ0) is 28.3. The van der Waals surface area contributed by atoms with Crippen molar-refractivity contribution in [2.45, 2.75) is 70.6 Å². The molecule has 0 unspecified atom stereocenters. The summed E-state index contributed by atoms with van der Waals surface area (Å²) in [6, 6.07) is 22.1. The lowest BCUT2D eigenvalue weighted by atomic mass is 9.78. The topological polar surface area (TPSA) is 87.5 Å². The minimum Gasteiger partial charge on any atom is -0.490 e. The van der Waals surface area contributed by atoms with Gasteiger partial charge in [-0.15, -0.1) is 0 Å². The van der Waals surface area contributed by atoms with Gasteiger partial charge in [0, 0.05) is 36.7 Å². The van der Waals surface area contributed by atoms with Crippen LogP contribution in [0.3, 0.4) is 0 Å². The standard InChI is InChI=1S/C32H36N4O4/c1-31(2,3)40-30(37)35-24-19-28(20-24)39-26-13-9-23(10-14-26)32(4,5)22-7-11-25(12-8-22)38-27-15-16-29(33-21-27)36-18-6-17-34-36/h6-18,21,24,28H,19-20H2,1-5H3,(H,35,37). The van der Waals surface area contributed by atoms with Gasteiger partial charge in [-0.05, 0) is 74.4 Å². The van der Waals surface area contributed by atoms with E-state index in [9.17, 15) is 4.79 Å². The molecule has 1 N–H and O–H groups in total. The molecular weight excluding hydrogens is 504 g/mol. The maximum Gasteiger partial charge on any atom is 0.407 e. The van der Waals surface area contributed by atoms with E-state index in [-0.39, 0.29) is 23.7 Å². The van der Waals surface area contributed by atoms with Crippen molar-refractivity contribution in [1.82, 2.24) is 20.1 Å². The predicted molar refractivity (Wildman–Crippen MR) is 153 cm³/mol. The van der Waals surface area contributed by atoms with Crippen molar-refractivity contribution < 1.29 is 19.0 Å². The van der Waals surface area contributed by atoms with Crippen LogP contribution in [-0.4, -0.2) is 38.6 Å². The highest BCUT2D eigenvalue weighted by atomic mass is 16.6. The van der Waals surface area contributed by atoms with Crippen LogP contribution in [0.15, 0.2) is 85.3 Å². The van der Waals surface area contributed by atoms with Crippen molar-refractivity contribution in [3.8, 4) is 23.1 Å². The molecule has 208 valence electrons. The molecule has 0 radical (unpaired) electrons. The number of hydrogen-bond donors (Lipinski definition) is 1. The summed E-state index contributed by atoms with van der Waals surface area (Å²) >= 11 is 0. The molecule has 0 spiro atoms. The van der Waals surface area contributed by atoms with E-state index >= 15 is 0 Å². The molecule has 2 aromatic carbocycles. The summed E-state index contributed by atoms with van der Waals surface area (Å²) in [5, 5.41) is 7.10. The lowest BCUT2D eigenvalue weighted by Gasteiger charge is -2.36. The average Bonchev–Trinajstić information content (AvgIpc) is 3.43. The minimum atomic E-state index is -0.499. The molecule has 1 aliphatic carbocycles. The number of rotatable bonds is 8. The molecule has 5 rings (SSSR count).